The first-order valence-electron chi connectivity index (χ1n) is 7.14. The average Bonchev–Trinajstić information content (AvgIpc) is 2.81. The smallest absolute Gasteiger partial charge is 0.356 e. The van der Waals surface area contributed by atoms with Crippen LogP contribution in [0.4, 0.5) is 5.69 Å². The summed E-state index contributed by atoms with van der Waals surface area (Å²) in [5, 5.41) is 21.4. The molecule has 7 heteroatoms. The van der Waals surface area contributed by atoms with Crippen molar-refractivity contribution in [1.29, 1.82) is 0 Å². The lowest BCUT2D eigenvalue weighted by molar-refractivity contribution is -0.385. The highest BCUT2D eigenvalue weighted by Gasteiger charge is 2.26. The highest BCUT2D eigenvalue weighted by atomic mass is 16.6. The lowest BCUT2D eigenvalue weighted by Gasteiger charge is -2.07. The molecule has 0 amide bonds. The van der Waals surface area contributed by atoms with E-state index in [0.29, 0.717) is 10.9 Å². The van der Waals surface area contributed by atoms with E-state index in [2.05, 4.69) is 0 Å². The van der Waals surface area contributed by atoms with E-state index < -0.39 is 10.9 Å². The molecule has 0 radical (unpaired) electrons. The van der Waals surface area contributed by atoms with Crippen molar-refractivity contribution in [2.75, 3.05) is 0 Å². The van der Waals surface area contributed by atoms with Crippen molar-refractivity contribution < 1.29 is 19.6 Å². The number of ether oxygens (including phenoxy) is 1. The van der Waals surface area contributed by atoms with Gasteiger partial charge < -0.3 is 14.4 Å². The van der Waals surface area contributed by atoms with Crippen LogP contribution in [0.2, 0.25) is 0 Å². The molecular weight excluding hydrogens is 312 g/mol. The first kappa shape index (κ1) is 15.5. The van der Waals surface area contributed by atoms with Gasteiger partial charge in [0.05, 0.1) is 10.4 Å². The molecular formula is C17H14N2O5. The number of carboxylic acids is 1. The number of aromatic nitrogens is 1. The summed E-state index contributed by atoms with van der Waals surface area (Å²) in [6, 6.07) is 11.3. The summed E-state index contributed by atoms with van der Waals surface area (Å²) in [7, 11) is 1.62. The predicted octanol–water partition coefficient (Wildman–Crippen LogP) is 3.89. The third-order valence-electron chi connectivity index (χ3n) is 3.87. The van der Waals surface area contributed by atoms with Crippen LogP contribution >= 0.6 is 0 Å². The zero-order chi connectivity index (χ0) is 17.4. The van der Waals surface area contributed by atoms with E-state index in [0.717, 1.165) is 5.56 Å². The van der Waals surface area contributed by atoms with E-state index in [9.17, 15) is 20.0 Å². The molecule has 1 N–H and O–H groups in total. The Kier molecular flexibility index (Phi) is 3.69. The lowest BCUT2D eigenvalue weighted by atomic mass is 10.1. The van der Waals surface area contributed by atoms with Gasteiger partial charge in [-0.05, 0) is 24.6 Å². The quantitative estimate of drug-likeness (QED) is 0.580. The van der Waals surface area contributed by atoms with Gasteiger partial charge in [-0.1, -0.05) is 24.3 Å². The van der Waals surface area contributed by atoms with Crippen LogP contribution in [0, 0.1) is 17.0 Å². The highest BCUT2D eigenvalue weighted by molar-refractivity contribution is 6.02. The van der Waals surface area contributed by atoms with E-state index in [-0.39, 0.29) is 22.9 Å². The van der Waals surface area contributed by atoms with Gasteiger partial charge in [-0.15, -0.1) is 0 Å². The Morgan fingerprint density at radius 2 is 1.92 bits per heavy atom. The number of carboxylic acid groups (broad SMARTS) is 1. The number of benzene rings is 2. The summed E-state index contributed by atoms with van der Waals surface area (Å²) in [6.45, 7) is 1.83. The molecule has 0 atom stereocenters. The van der Waals surface area contributed by atoms with Crippen molar-refractivity contribution >= 4 is 22.6 Å². The molecule has 2 aromatic carbocycles. The number of nitro groups is 1. The molecule has 1 heterocycles. The van der Waals surface area contributed by atoms with Crippen LogP contribution in [0.1, 0.15) is 16.1 Å². The number of carbonyl (C=O) groups is 1. The lowest BCUT2D eigenvalue weighted by Crippen LogP contribution is -2.06. The number of hydrogen-bond donors (Lipinski definition) is 1. The number of aromatic carboxylic acids is 1. The minimum Gasteiger partial charge on any atom is -0.476 e. The van der Waals surface area contributed by atoms with Crippen molar-refractivity contribution in [3.63, 3.8) is 0 Å². The Hall–Kier alpha value is -3.35. The maximum absolute atomic E-state index is 11.7. The van der Waals surface area contributed by atoms with Gasteiger partial charge in [0, 0.05) is 18.5 Å². The molecule has 0 aliphatic heterocycles. The number of nitro benzene ring substituents is 1. The van der Waals surface area contributed by atoms with Crippen molar-refractivity contribution in [1.82, 2.24) is 4.57 Å². The van der Waals surface area contributed by atoms with Gasteiger partial charge in [0.2, 0.25) is 5.75 Å². The first-order valence-corrected chi connectivity index (χ1v) is 7.14. The molecule has 0 bridgehead atoms. The summed E-state index contributed by atoms with van der Waals surface area (Å²) in [4.78, 5) is 22.3. The van der Waals surface area contributed by atoms with Crippen LogP contribution in [-0.2, 0) is 7.05 Å². The van der Waals surface area contributed by atoms with Crippen LogP contribution in [0.5, 0.6) is 11.5 Å². The van der Waals surface area contributed by atoms with Crippen molar-refractivity contribution in [2.24, 2.45) is 7.05 Å². The summed E-state index contributed by atoms with van der Waals surface area (Å²) >= 11 is 0. The fourth-order valence-corrected chi connectivity index (χ4v) is 2.76. The van der Waals surface area contributed by atoms with E-state index in [1.165, 1.54) is 22.8 Å². The average molecular weight is 326 g/mol. The molecule has 3 rings (SSSR count). The molecule has 0 saturated heterocycles. The van der Waals surface area contributed by atoms with Crippen LogP contribution < -0.4 is 4.74 Å². The molecule has 0 unspecified atom stereocenters. The molecule has 3 aromatic rings. The summed E-state index contributed by atoms with van der Waals surface area (Å²) in [5.41, 5.74) is 1.22. The van der Waals surface area contributed by atoms with E-state index in [4.69, 9.17) is 4.74 Å². The minimum atomic E-state index is -1.17. The number of para-hydroxylation sites is 2. The van der Waals surface area contributed by atoms with Crippen LogP contribution in [0.25, 0.3) is 10.9 Å². The molecule has 7 nitrogen and oxygen atoms in total. The van der Waals surface area contributed by atoms with Gasteiger partial charge in [-0.2, -0.15) is 0 Å². The highest BCUT2D eigenvalue weighted by Crippen LogP contribution is 2.40. The monoisotopic (exact) mass is 326 g/mol. The zero-order valence-electron chi connectivity index (χ0n) is 13.0. The minimum absolute atomic E-state index is 0.000697. The first-order chi connectivity index (χ1) is 11.4. The third-order valence-corrected chi connectivity index (χ3v) is 3.87. The van der Waals surface area contributed by atoms with Crippen molar-refractivity contribution in [3.8, 4) is 11.5 Å². The number of aryl methyl sites for hydroxylation is 2. The predicted molar refractivity (Wildman–Crippen MR) is 87.8 cm³/mol. The standard InChI is InChI=1S/C17H14N2O5/c1-10-6-5-8-12-14(10)16(15(17(20)21)18(12)2)24-13-9-4-3-7-11(13)19(22)23/h3-9H,1-2H3,(H,20,21). The fourth-order valence-electron chi connectivity index (χ4n) is 2.76. The number of hydrogen-bond acceptors (Lipinski definition) is 4. The van der Waals surface area contributed by atoms with E-state index in [1.807, 2.05) is 19.1 Å². The summed E-state index contributed by atoms with van der Waals surface area (Å²) < 4.78 is 7.24. The molecule has 1 aromatic heterocycles. The maximum atomic E-state index is 11.7. The SMILES string of the molecule is Cc1cccc2c1c(Oc1ccccc1[N+](=O)[O-])c(C(=O)O)n2C. The van der Waals surface area contributed by atoms with E-state index >= 15 is 0 Å². The largest absolute Gasteiger partial charge is 0.476 e. The van der Waals surface area contributed by atoms with Crippen molar-refractivity contribution in [2.45, 2.75) is 6.92 Å². The second kappa shape index (κ2) is 5.69. The Morgan fingerprint density at radius 1 is 1.21 bits per heavy atom. The number of nitrogens with zero attached hydrogens (tertiary/aromatic N) is 2. The Bertz CT molecular complexity index is 975. The molecule has 0 saturated carbocycles. The Balaban J connectivity index is 2.29. The second-order valence-corrected chi connectivity index (χ2v) is 5.34. The molecule has 0 fully saturated rings. The van der Waals surface area contributed by atoms with Gasteiger partial charge in [0.1, 0.15) is 0 Å². The number of fused-ring (bicyclic) bond motifs is 1. The van der Waals surface area contributed by atoms with Gasteiger partial charge in [0.15, 0.2) is 11.4 Å². The second-order valence-electron chi connectivity index (χ2n) is 5.34. The third kappa shape index (κ3) is 2.36. The Labute approximate surface area is 136 Å². The number of rotatable bonds is 4. The van der Waals surface area contributed by atoms with Gasteiger partial charge in [-0.3, -0.25) is 10.1 Å². The van der Waals surface area contributed by atoms with Crippen LogP contribution in [-0.4, -0.2) is 20.6 Å². The molecule has 0 aliphatic carbocycles. The Morgan fingerprint density at radius 3 is 2.58 bits per heavy atom. The topological polar surface area (TPSA) is 94.6 Å². The van der Waals surface area contributed by atoms with Gasteiger partial charge >= 0.3 is 11.7 Å². The molecule has 0 spiro atoms. The normalized spacial score (nSPS) is 10.8. The summed E-state index contributed by atoms with van der Waals surface area (Å²) in [5.74, 6) is -1.06. The van der Waals surface area contributed by atoms with Crippen LogP contribution in [0.3, 0.4) is 0 Å². The maximum Gasteiger partial charge on any atom is 0.356 e. The van der Waals surface area contributed by atoms with Gasteiger partial charge in [0.25, 0.3) is 0 Å². The van der Waals surface area contributed by atoms with Crippen LogP contribution in [0.15, 0.2) is 42.5 Å². The summed E-state index contributed by atoms with van der Waals surface area (Å²) in [6.07, 6.45) is 0. The van der Waals surface area contributed by atoms with Gasteiger partial charge in [-0.25, -0.2) is 4.79 Å². The van der Waals surface area contributed by atoms with Crippen molar-refractivity contribution in [3.05, 3.63) is 63.8 Å². The zero-order valence-corrected chi connectivity index (χ0v) is 13.0. The fraction of sp³-hybridized carbons (Fsp3) is 0.118. The van der Waals surface area contributed by atoms with E-state index in [1.54, 1.807) is 19.2 Å². The molecule has 24 heavy (non-hydrogen) atoms. The molecule has 0 aliphatic rings. The molecule has 122 valence electrons.